The molecule has 0 saturated carbocycles. The van der Waals surface area contributed by atoms with Crippen LogP contribution in [0.1, 0.15) is 25.7 Å². The average Bonchev–Trinajstić information content (AvgIpc) is 2.96. The second kappa shape index (κ2) is 9.48. The minimum atomic E-state index is 0. The van der Waals surface area contributed by atoms with Crippen molar-refractivity contribution < 1.29 is 9.47 Å². The van der Waals surface area contributed by atoms with Crippen molar-refractivity contribution in [3.8, 4) is 11.5 Å². The lowest BCUT2D eigenvalue weighted by Crippen LogP contribution is -2.43. The number of rotatable bonds is 5. The Morgan fingerprint density at radius 3 is 2.44 bits per heavy atom. The number of hydrogen-bond acceptors (Lipinski definition) is 6. The molecule has 2 fully saturated rings. The summed E-state index contributed by atoms with van der Waals surface area (Å²) in [6, 6.07) is 10.5. The van der Waals surface area contributed by atoms with Gasteiger partial charge in [-0.15, -0.1) is 12.4 Å². The Hall–Kier alpha value is -1.99. The number of piperidine rings is 1. The first kappa shape index (κ1) is 23.2. The van der Waals surface area contributed by atoms with E-state index in [-0.39, 0.29) is 18.5 Å². The third-order valence-electron chi connectivity index (χ3n) is 6.45. The molecule has 1 N–H and O–H groups in total. The highest BCUT2D eigenvalue weighted by Gasteiger charge is 2.39. The number of nitrogens with zero attached hydrogens (tertiary/aromatic N) is 3. The molecule has 0 radical (unpaired) electrons. The fourth-order valence-electron chi connectivity index (χ4n) is 4.76. The molecule has 2 atom stereocenters. The van der Waals surface area contributed by atoms with Crippen molar-refractivity contribution in [1.29, 1.82) is 0 Å². The number of methoxy groups -OCH3 is 1. The van der Waals surface area contributed by atoms with Crippen molar-refractivity contribution >= 4 is 58.0 Å². The zero-order valence-electron chi connectivity index (χ0n) is 17.8. The van der Waals surface area contributed by atoms with E-state index in [0.717, 1.165) is 35.2 Å². The summed E-state index contributed by atoms with van der Waals surface area (Å²) in [5, 5.41) is 5.11. The van der Waals surface area contributed by atoms with Crippen LogP contribution in [0.5, 0.6) is 11.5 Å². The summed E-state index contributed by atoms with van der Waals surface area (Å²) >= 11 is 12.2. The largest absolute Gasteiger partial charge is 0.493 e. The fraction of sp³-hybridized carbons (Fsp3) is 0.391. The maximum atomic E-state index is 6.44. The Labute approximate surface area is 203 Å². The number of fused-ring (bicyclic) bond motifs is 3. The van der Waals surface area contributed by atoms with Crippen LogP contribution in [0.3, 0.4) is 0 Å². The van der Waals surface area contributed by atoms with Crippen molar-refractivity contribution in [1.82, 2.24) is 14.9 Å². The maximum Gasteiger partial charge on any atom is 0.163 e. The van der Waals surface area contributed by atoms with E-state index in [1.165, 1.54) is 19.2 Å². The van der Waals surface area contributed by atoms with Crippen LogP contribution >= 0.6 is 35.6 Å². The summed E-state index contributed by atoms with van der Waals surface area (Å²) in [5.41, 5.74) is 1.57. The van der Waals surface area contributed by atoms with Crippen LogP contribution < -0.4 is 14.8 Å². The molecule has 6 nitrogen and oxygen atoms in total. The van der Waals surface area contributed by atoms with Crippen molar-refractivity contribution in [2.24, 2.45) is 0 Å². The van der Waals surface area contributed by atoms with E-state index >= 15 is 0 Å². The molecule has 2 bridgehead atoms. The van der Waals surface area contributed by atoms with E-state index in [1.807, 2.05) is 18.2 Å². The van der Waals surface area contributed by atoms with Gasteiger partial charge in [-0.05, 0) is 57.0 Å². The molecular weight excluding hydrogens is 471 g/mol. The molecule has 170 valence electrons. The molecule has 5 rings (SSSR count). The van der Waals surface area contributed by atoms with Crippen LogP contribution in [0.4, 0.5) is 11.5 Å². The van der Waals surface area contributed by atoms with Gasteiger partial charge in [-0.25, -0.2) is 9.97 Å². The van der Waals surface area contributed by atoms with Crippen LogP contribution in [-0.2, 0) is 0 Å². The Morgan fingerprint density at radius 2 is 1.75 bits per heavy atom. The standard InChI is InChI=1S/C23H24Cl2N4O2.ClH/c1-29-14-4-5-15(29)9-16(8-14)31-22-11-20-17(10-21(22)30-2)23(27-12-26-20)28-13-3-6-18(24)19(25)7-13;/h3,6-7,10-12,14-16H,4-5,8-9H2,1-2H3,(H,26,27,28);1H. The Morgan fingerprint density at radius 1 is 1.00 bits per heavy atom. The number of benzene rings is 2. The Bertz CT molecular complexity index is 1120. The highest BCUT2D eigenvalue weighted by atomic mass is 35.5. The highest BCUT2D eigenvalue weighted by Crippen LogP contribution is 2.40. The van der Waals surface area contributed by atoms with Gasteiger partial charge in [0.25, 0.3) is 0 Å². The number of aromatic nitrogens is 2. The second-order valence-corrected chi connectivity index (χ2v) is 9.07. The summed E-state index contributed by atoms with van der Waals surface area (Å²) in [7, 11) is 3.89. The van der Waals surface area contributed by atoms with E-state index in [4.69, 9.17) is 32.7 Å². The molecule has 0 spiro atoms. The molecule has 2 aliphatic rings. The number of nitrogens with one attached hydrogen (secondary N) is 1. The van der Waals surface area contributed by atoms with Gasteiger partial charge in [0.2, 0.25) is 0 Å². The maximum absolute atomic E-state index is 6.44. The summed E-state index contributed by atoms with van der Waals surface area (Å²) in [4.78, 5) is 11.4. The first-order valence-corrected chi connectivity index (χ1v) is 11.2. The van der Waals surface area contributed by atoms with Gasteiger partial charge in [-0.2, -0.15) is 0 Å². The Kier molecular flexibility index (Phi) is 6.86. The van der Waals surface area contributed by atoms with Crippen molar-refractivity contribution in [3.05, 3.63) is 46.7 Å². The lowest BCUT2D eigenvalue weighted by atomic mass is 10.0. The molecular formula is C23H25Cl3N4O2. The minimum Gasteiger partial charge on any atom is -0.493 e. The molecule has 2 unspecified atom stereocenters. The quantitative estimate of drug-likeness (QED) is 0.460. The molecule has 1 aromatic heterocycles. The zero-order valence-corrected chi connectivity index (χ0v) is 20.2. The molecule has 2 aliphatic heterocycles. The molecule has 0 aliphatic carbocycles. The predicted octanol–water partition coefficient (Wildman–Crippen LogP) is 6.11. The van der Waals surface area contributed by atoms with E-state index < -0.39 is 0 Å². The molecule has 2 aromatic carbocycles. The zero-order chi connectivity index (χ0) is 21.5. The second-order valence-electron chi connectivity index (χ2n) is 8.26. The van der Waals surface area contributed by atoms with Crippen LogP contribution in [-0.4, -0.2) is 47.2 Å². The SMILES string of the molecule is COc1cc2c(Nc3ccc(Cl)c(Cl)c3)ncnc2cc1OC1CC2CCC(C1)N2C.Cl. The topological polar surface area (TPSA) is 59.5 Å². The van der Waals surface area contributed by atoms with Gasteiger partial charge < -0.3 is 19.7 Å². The van der Waals surface area contributed by atoms with E-state index in [1.54, 1.807) is 19.2 Å². The molecule has 3 heterocycles. The third kappa shape index (κ3) is 4.42. The van der Waals surface area contributed by atoms with Crippen molar-refractivity contribution in [3.63, 3.8) is 0 Å². The number of ether oxygens (including phenoxy) is 2. The first-order chi connectivity index (χ1) is 15.0. The molecule has 0 amide bonds. The van der Waals surface area contributed by atoms with Crippen LogP contribution in [0.15, 0.2) is 36.7 Å². The number of halogens is 3. The summed E-state index contributed by atoms with van der Waals surface area (Å²) in [6.45, 7) is 0. The van der Waals surface area contributed by atoms with Gasteiger partial charge in [-0.1, -0.05) is 23.2 Å². The number of anilines is 2. The third-order valence-corrected chi connectivity index (χ3v) is 7.19. The van der Waals surface area contributed by atoms with E-state index in [0.29, 0.717) is 33.7 Å². The van der Waals surface area contributed by atoms with Gasteiger partial charge in [0.1, 0.15) is 18.2 Å². The van der Waals surface area contributed by atoms with Crippen molar-refractivity contribution in [2.75, 3.05) is 19.5 Å². The minimum absolute atomic E-state index is 0. The van der Waals surface area contributed by atoms with Gasteiger partial charge in [0.05, 0.1) is 22.7 Å². The van der Waals surface area contributed by atoms with Gasteiger partial charge in [0.15, 0.2) is 11.5 Å². The smallest absolute Gasteiger partial charge is 0.163 e. The fourth-order valence-corrected chi connectivity index (χ4v) is 5.06. The van der Waals surface area contributed by atoms with Crippen LogP contribution in [0, 0.1) is 0 Å². The lowest BCUT2D eigenvalue weighted by molar-refractivity contribution is 0.0644. The van der Waals surface area contributed by atoms with Crippen molar-refractivity contribution in [2.45, 2.75) is 43.9 Å². The van der Waals surface area contributed by atoms with Crippen LogP contribution in [0.25, 0.3) is 10.9 Å². The monoisotopic (exact) mass is 494 g/mol. The van der Waals surface area contributed by atoms with Gasteiger partial charge in [-0.3, -0.25) is 0 Å². The Balaban J connectivity index is 0.00000245. The lowest BCUT2D eigenvalue weighted by Gasteiger charge is -2.36. The summed E-state index contributed by atoms with van der Waals surface area (Å²) in [5.74, 6) is 2.06. The molecule has 3 aromatic rings. The molecule has 2 saturated heterocycles. The summed E-state index contributed by atoms with van der Waals surface area (Å²) < 4.78 is 12.1. The average molecular weight is 496 g/mol. The first-order valence-electron chi connectivity index (χ1n) is 10.4. The van der Waals surface area contributed by atoms with Crippen LogP contribution in [0.2, 0.25) is 10.0 Å². The van der Waals surface area contributed by atoms with Gasteiger partial charge in [0, 0.05) is 29.2 Å². The normalized spacial score (nSPS) is 22.4. The van der Waals surface area contributed by atoms with Gasteiger partial charge >= 0.3 is 0 Å². The van der Waals surface area contributed by atoms with E-state index in [2.05, 4.69) is 27.2 Å². The van der Waals surface area contributed by atoms with E-state index in [9.17, 15) is 0 Å². The predicted molar refractivity (Wildman–Crippen MR) is 131 cm³/mol. The summed E-state index contributed by atoms with van der Waals surface area (Å²) in [6.07, 6.45) is 6.33. The molecule has 32 heavy (non-hydrogen) atoms. The highest BCUT2D eigenvalue weighted by molar-refractivity contribution is 6.42. The number of hydrogen-bond donors (Lipinski definition) is 1. The molecule has 9 heteroatoms.